The quantitative estimate of drug-likeness (QED) is 0.687. The third kappa shape index (κ3) is 3.97. The van der Waals surface area contributed by atoms with Crippen LogP contribution < -0.4 is 0 Å². The van der Waals surface area contributed by atoms with Gasteiger partial charge < -0.3 is 9.42 Å². The van der Waals surface area contributed by atoms with Crippen molar-refractivity contribution >= 4 is 5.91 Å². The predicted molar refractivity (Wildman–Crippen MR) is 94.4 cm³/mol. The average Bonchev–Trinajstić information content (AvgIpc) is 3.17. The summed E-state index contributed by atoms with van der Waals surface area (Å²) in [6.45, 7) is 3.20. The summed E-state index contributed by atoms with van der Waals surface area (Å²) in [5.74, 6) is 1.15. The van der Waals surface area contributed by atoms with E-state index in [0.717, 1.165) is 25.1 Å². The van der Waals surface area contributed by atoms with Crippen molar-refractivity contribution < 1.29 is 9.32 Å². The number of aryl methyl sites for hydroxylation is 1. The van der Waals surface area contributed by atoms with Gasteiger partial charge in [-0.3, -0.25) is 14.8 Å². The molecular weight excluding hydrogens is 346 g/mol. The summed E-state index contributed by atoms with van der Waals surface area (Å²) in [6.07, 6.45) is 10.5. The lowest BCUT2D eigenvalue weighted by Crippen LogP contribution is -2.41. The van der Waals surface area contributed by atoms with Gasteiger partial charge in [0.25, 0.3) is 5.91 Å². The Labute approximate surface area is 155 Å². The van der Waals surface area contributed by atoms with Crippen LogP contribution in [0.2, 0.25) is 0 Å². The highest BCUT2D eigenvalue weighted by molar-refractivity contribution is 5.92. The number of piperidine rings is 1. The van der Waals surface area contributed by atoms with Crippen LogP contribution in [-0.2, 0) is 6.42 Å². The van der Waals surface area contributed by atoms with Crippen LogP contribution in [0.15, 0.2) is 35.5 Å². The molecule has 0 N–H and O–H groups in total. The molecular formula is C18H19N7O2. The lowest BCUT2D eigenvalue weighted by Gasteiger charge is -2.31. The minimum atomic E-state index is -0.0852. The molecule has 3 aromatic heterocycles. The molecule has 0 radical (unpaired) electrons. The molecule has 0 spiro atoms. The van der Waals surface area contributed by atoms with Crippen LogP contribution >= 0.6 is 0 Å². The number of aromatic nitrogens is 6. The third-order valence-electron chi connectivity index (χ3n) is 4.53. The number of carbonyl (C=O) groups excluding carboxylic acids is 1. The van der Waals surface area contributed by atoms with E-state index in [2.05, 4.69) is 30.1 Å². The average molecular weight is 365 g/mol. The lowest BCUT2D eigenvalue weighted by atomic mass is 9.94. The maximum absolute atomic E-state index is 12.7. The topological polar surface area (TPSA) is 111 Å². The minimum Gasteiger partial charge on any atom is -0.339 e. The first-order chi connectivity index (χ1) is 13.2. The number of rotatable bonds is 4. The highest BCUT2D eigenvalue weighted by atomic mass is 16.5. The monoisotopic (exact) mass is 365 g/mol. The molecule has 4 rings (SSSR count). The zero-order valence-electron chi connectivity index (χ0n) is 14.9. The predicted octanol–water partition coefficient (Wildman–Crippen LogP) is 1.72. The summed E-state index contributed by atoms with van der Waals surface area (Å²) >= 11 is 0. The van der Waals surface area contributed by atoms with Crippen LogP contribution in [-0.4, -0.2) is 54.0 Å². The van der Waals surface area contributed by atoms with Gasteiger partial charge in [0, 0.05) is 38.1 Å². The van der Waals surface area contributed by atoms with E-state index in [0.29, 0.717) is 36.1 Å². The number of amides is 1. The zero-order valence-corrected chi connectivity index (χ0v) is 14.9. The van der Waals surface area contributed by atoms with E-state index in [1.165, 1.54) is 6.20 Å². The van der Waals surface area contributed by atoms with Crippen LogP contribution in [0.25, 0.3) is 11.5 Å². The highest BCUT2D eigenvalue weighted by Gasteiger charge is 2.27. The molecule has 1 aliphatic heterocycles. The van der Waals surface area contributed by atoms with Crippen molar-refractivity contribution in [1.29, 1.82) is 0 Å². The fourth-order valence-electron chi connectivity index (χ4n) is 3.18. The van der Waals surface area contributed by atoms with Gasteiger partial charge in [-0.05, 0) is 25.7 Å². The van der Waals surface area contributed by atoms with Crippen molar-refractivity contribution in [3.8, 4) is 11.5 Å². The second kappa shape index (κ2) is 7.56. The first-order valence-corrected chi connectivity index (χ1v) is 8.86. The Hall–Kier alpha value is -3.23. The standard InChI is InChI=1S/C18H19N7O2/c1-12-8-22-15(10-21-12)18(26)25-6-2-3-13(11-25)7-16-23-17(24-27-16)14-9-19-4-5-20-14/h4-5,8-10,13H,2-3,6-7,11H2,1H3/t13-/m1/s1. The molecule has 0 aliphatic carbocycles. The highest BCUT2D eigenvalue weighted by Crippen LogP contribution is 2.22. The molecule has 4 heterocycles. The first kappa shape index (κ1) is 17.2. The molecule has 1 saturated heterocycles. The largest absolute Gasteiger partial charge is 0.339 e. The summed E-state index contributed by atoms with van der Waals surface area (Å²) in [5.41, 5.74) is 1.74. The molecule has 1 fully saturated rings. The van der Waals surface area contributed by atoms with E-state index in [-0.39, 0.29) is 11.8 Å². The summed E-state index contributed by atoms with van der Waals surface area (Å²) in [6, 6.07) is 0. The van der Waals surface area contributed by atoms with E-state index in [4.69, 9.17) is 4.52 Å². The molecule has 138 valence electrons. The Balaban J connectivity index is 1.41. The summed E-state index contributed by atoms with van der Waals surface area (Å²) in [5, 5.41) is 3.97. The molecule has 1 atom stereocenters. The maximum Gasteiger partial charge on any atom is 0.274 e. The molecule has 0 saturated carbocycles. The van der Waals surface area contributed by atoms with Crippen LogP contribution in [0.5, 0.6) is 0 Å². The minimum absolute atomic E-state index is 0.0852. The summed E-state index contributed by atoms with van der Waals surface area (Å²) in [4.78, 5) is 35.4. The van der Waals surface area contributed by atoms with E-state index in [1.807, 2.05) is 11.8 Å². The second-order valence-corrected chi connectivity index (χ2v) is 6.61. The first-order valence-electron chi connectivity index (χ1n) is 8.86. The van der Waals surface area contributed by atoms with Gasteiger partial charge in [-0.2, -0.15) is 4.98 Å². The van der Waals surface area contributed by atoms with Gasteiger partial charge in [-0.15, -0.1) is 0 Å². The Morgan fingerprint density at radius 1 is 1.22 bits per heavy atom. The number of carbonyl (C=O) groups is 1. The van der Waals surface area contributed by atoms with Crippen molar-refractivity contribution in [3.63, 3.8) is 0 Å². The Morgan fingerprint density at radius 2 is 2.15 bits per heavy atom. The molecule has 1 aliphatic rings. The van der Waals surface area contributed by atoms with Crippen LogP contribution in [0.3, 0.4) is 0 Å². The molecule has 1 amide bonds. The molecule has 3 aromatic rings. The van der Waals surface area contributed by atoms with Crippen molar-refractivity contribution in [2.75, 3.05) is 13.1 Å². The number of hydrogen-bond acceptors (Lipinski definition) is 8. The van der Waals surface area contributed by atoms with Crippen molar-refractivity contribution in [2.45, 2.75) is 26.2 Å². The van der Waals surface area contributed by atoms with E-state index in [1.54, 1.807) is 24.8 Å². The third-order valence-corrected chi connectivity index (χ3v) is 4.53. The van der Waals surface area contributed by atoms with Crippen molar-refractivity contribution in [1.82, 2.24) is 35.0 Å². The zero-order chi connectivity index (χ0) is 18.6. The van der Waals surface area contributed by atoms with Gasteiger partial charge >= 0.3 is 0 Å². The van der Waals surface area contributed by atoms with Crippen molar-refractivity contribution in [3.05, 3.63) is 48.3 Å². The van der Waals surface area contributed by atoms with Crippen LogP contribution in [0.4, 0.5) is 0 Å². The lowest BCUT2D eigenvalue weighted by molar-refractivity contribution is 0.0661. The number of nitrogens with zero attached hydrogens (tertiary/aromatic N) is 7. The Morgan fingerprint density at radius 3 is 2.93 bits per heavy atom. The van der Waals surface area contributed by atoms with Crippen LogP contribution in [0, 0.1) is 12.8 Å². The Bertz CT molecular complexity index is 911. The van der Waals surface area contributed by atoms with Gasteiger partial charge in [-0.25, -0.2) is 9.97 Å². The van der Waals surface area contributed by atoms with Crippen LogP contribution in [0.1, 0.15) is 34.9 Å². The summed E-state index contributed by atoms with van der Waals surface area (Å²) < 4.78 is 5.36. The van der Waals surface area contributed by atoms with Gasteiger partial charge in [0.15, 0.2) is 0 Å². The molecule has 0 bridgehead atoms. The van der Waals surface area contributed by atoms with E-state index >= 15 is 0 Å². The van der Waals surface area contributed by atoms with Gasteiger partial charge in [-0.1, -0.05) is 5.16 Å². The SMILES string of the molecule is Cc1cnc(C(=O)N2CCC[C@H](Cc3nc(-c4cnccn4)no3)C2)cn1. The fraction of sp³-hybridized carbons (Fsp3) is 0.389. The molecule has 9 heteroatoms. The molecule has 9 nitrogen and oxygen atoms in total. The number of hydrogen-bond donors (Lipinski definition) is 0. The van der Waals surface area contributed by atoms with E-state index in [9.17, 15) is 4.79 Å². The number of likely N-dealkylation sites (tertiary alicyclic amines) is 1. The smallest absolute Gasteiger partial charge is 0.274 e. The van der Waals surface area contributed by atoms with E-state index < -0.39 is 0 Å². The second-order valence-electron chi connectivity index (χ2n) is 6.61. The van der Waals surface area contributed by atoms with Gasteiger partial charge in [0.2, 0.25) is 11.7 Å². The molecule has 0 unspecified atom stereocenters. The van der Waals surface area contributed by atoms with Crippen molar-refractivity contribution in [2.24, 2.45) is 5.92 Å². The van der Waals surface area contributed by atoms with Gasteiger partial charge in [0.1, 0.15) is 11.4 Å². The molecule has 0 aromatic carbocycles. The molecule has 27 heavy (non-hydrogen) atoms. The fourth-order valence-corrected chi connectivity index (χ4v) is 3.18. The summed E-state index contributed by atoms with van der Waals surface area (Å²) in [7, 11) is 0. The Kier molecular flexibility index (Phi) is 4.82. The maximum atomic E-state index is 12.7. The normalized spacial score (nSPS) is 17.1. The van der Waals surface area contributed by atoms with Gasteiger partial charge in [0.05, 0.1) is 18.1 Å².